The first kappa shape index (κ1) is 9.47. The Morgan fingerprint density at radius 2 is 2.19 bits per heavy atom. The average Bonchev–Trinajstić information content (AvgIpc) is 2.98. The number of halogens is 1. The number of para-hydroxylation sites is 1. The first-order chi connectivity index (χ1) is 7.60. The van der Waals surface area contributed by atoms with E-state index in [1.54, 1.807) is 12.1 Å². The molecule has 0 radical (unpaired) electrons. The first-order valence-corrected chi connectivity index (χ1v) is 5.08. The van der Waals surface area contributed by atoms with Gasteiger partial charge in [-0.2, -0.15) is 4.98 Å². The summed E-state index contributed by atoms with van der Waals surface area (Å²) in [6, 6.07) is 4.60. The predicted octanol–water partition coefficient (Wildman–Crippen LogP) is 1.01. The molecule has 1 fully saturated rings. The Hall–Kier alpha value is -1.75. The molecule has 0 bridgehead atoms. The van der Waals surface area contributed by atoms with Gasteiger partial charge in [0.25, 0.3) is 0 Å². The Bertz CT molecular complexity index is 631. The first-order valence-electron chi connectivity index (χ1n) is 5.08. The minimum atomic E-state index is -0.552. The van der Waals surface area contributed by atoms with Crippen LogP contribution in [0.5, 0.6) is 0 Å². The third kappa shape index (κ3) is 1.25. The molecule has 0 atom stereocenters. The molecule has 4 nitrogen and oxygen atoms in total. The van der Waals surface area contributed by atoms with Crippen molar-refractivity contribution in [1.82, 2.24) is 9.97 Å². The largest absolute Gasteiger partial charge is 0.345 e. The van der Waals surface area contributed by atoms with Gasteiger partial charge in [0.05, 0.1) is 5.54 Å². The van der Waals surface area contributed by atoms with Crippen molar-refractivity contribution in [2.24, 2.45) is 5.73 Å². The lowest BCUT2D eigenvalue weighted by Gasteiger charge is -2.11. The van der Waals surface area contributed by atoms with Gasteiger partial charge in [0.15, 0.2) is 0 Å². The molecule has 3 N–H and O–H groups in total. The Labute approximate surface area is 90.3 Å². The van der Waals surface area contributed by atoms with Crippen LogP contribution in [-0.4, -0.2) is 9.97 Å². The van der Waals surface area contributed by atoms with Crippen molar-refractivity contribution < 1.29 is 4.39 Å². The van der Waals surface area contributed by atoms with Crippen molar-refractivity contribution in [3.63, 3.8) is 0 Å². The number of H-pyrrole nitrogens is 1. The standard InChI is InChI=1S/C11H10FN3O/c12-7-3-1-2-6-8(7)14-10(16)15-9(6)11(13)4-5-11/h1-3H,4-5,13H2,(H,14,15,16). The van der Waals surface area contributed by atoms with Crippen LogP contribution in [-0.2, 0) is 5.54 Å². The summed E-state index contributed by atoms with van der Waals surface area (Å²) < 4.78 is 13.5. The van der Waals surface area contributed by atoms with E-state index in [-0.39, 0.29) is 5.52 Å². The fourth-order valence-corrected chi connectivity index (χ4v) is 1.91. The summed E-state index contributed by atoms with van der Waals surface area (Å²) in [6.45, 7) is 0. The number of nitrogens with two attached hydrogens (primary N) is 1. The summed E-state index contributed by atoms with van der Waals surface area (Å²) in [5.41, 5.74) is 5.67. The molecule has 82 valence electrons. The normalized spacial score (nSPS) is 17.6. The molecule has 16 heavy (non-hydrogen) atoms. The third-order valence-electron chi connectivity index (χ3n) is 2.99. The zero-order chi connectivity index (χ0) is 11.3. The number of rotatable bonds is 1. The summed E-state index contributed by atoms with van der Waals surface area (Å²) >= 11 is 0. The quantitative estimate of drug-likeness (QED) is 0.751. The molecule has 0 saturated heterocycles. The van der Waals surface area contributed by atoms with Gasteiger partial charge in [-0.25, -0.2) is 9.18 Å². The lowest BCUT2D eigenvalue weighted by Crippen LogP contribution is -2.26. The summed E-state index contributed by atoms with van der Waals surface area (Å²) in [5.74, 6) is -0.492. The van der Waals surface area contributed by atoms with E-state index in [4.69, 9.17) is 5.73 Å². The van der Waals surface area contributed by atoms with E-state index in [1.807, 2.05) is 0 Å². The van der Waals surface area contributed by atoms with E-state index in [0.29, 0.717) is 11.1 Å². The monoisotopic (exact) mass is 219 g/mol. The zero-order valence-electron chi connectivity index (χ0n) is 8.46. The van der Waals surface area contributed by atoms with Crippen LogP contribution in [0.25, 0.3) is 10.9 Å². The van der Waals surface area contributed by atoms with E-state index < -0.39 is 17.0 Å². The number of aromatic nitrogens is 2. The van der Waals surface area contributed by atoms with E-state index in [0.717, 1.165) is 12.8 Å². The van der Waals surface area contributed by atoms with Crippen molar-refractivity contribution in [1.29, 1.82) is 0 Å². The Balaban J connectivity index is 2.44. The van der Waals surface area contributed by atoms with Crippen LogP contribution in [0.1, 0.15) is 18.5 Å². The molecule has 2 aromatic rings. The van der Waals surface area contributed by atoms with Gasteiger partial charge in [-0.1, -0.05) is 12.1 Å². The molecule has 0 amide bonds. The maximum absolute atomic E-state index is 13.5. The van der Waals surface area contributed by atoms with Crippen molar-refractivity contribution in [3.8, 4) is 0 Å². The summed E-state index contributed by atoms with van der Waals surface area (Å²) in [6.07, 6.45) is 1.61. The fraction of sp³-hybridized carbons (Fsp3) is 0.273. The number of hydrogen-bond donors (Lipinski definition) is 2. The Morgan fingerprint density at radius 1 is 1.44 bits per heavy atom. The highest BCUT2D eigenvalue weighted by molar-refractivity contribution is 5.82. The van der Waals surface area contributed by atoms with Gasteiger partial charge in [-0.05, 0) is 18.9 Å². The van der Waals surface area contributed by atoms with Gasteiger partial charge in [0.2, 0.25) is 0 Å². The highest BCUT2D eigenvalue weighted by atomic mass is 19.1. The van der Waals surface area contributed by atoms with Gasteiger partial charge < -0.3 is 10.7 Å². The van der Waals surface area contributed by atoms with Crippen LogP contribution in [0.4, 0.5) is 4.39 Å². The summed E-state index contributed by atoms with van der Waals surface area (Å²) in [7, 11) is 0. The number of hydrogen-bond acceptors (Lipinski definition) is 3. The molecule has 3 rings (SSSR count). The molecule has 1 aromatic carbocycles. The molecular weight excluding hydrogens is 209 g/mol. The van der Waals surface area contributed by atoms with E-state index >= 15 is 0 Å². The van der Waals surface area contributed by atoms with Crippen molar-refractivity contribution in [3.05, 3.63) is 40.2 Å². The van der Waals surface area contributed by atoms with Gasteiger partial charge in [-0.3, -0.25) is 0 Å². The van der Waals surface area contributed by atoms with Crippen LogP contribution in [0.3, 0.4) is 0 Å². The van der Waals surface area contributed by atoms with Gasteiger partial charge in [-0.15, -0.1) is 0 Å². The number of nitrogens with one attached hydrogen (secondary N) is 1. The number of aromatic amines is 1. The molecule has 1 heterocycles. The molecular formula is C11H10FN3O. The minimum absolute atomic E-state index is 0.0953. The Morgan fingerprint density at radius 3 is 2.88 bits per heavy atom. The lowest BCUT2D eigenvalue weighted by atomic mass is 10.1. The van der Waals surface area contributed by atoms with Gasteiger partial charge in [0.1, 0.15) is 11.3 Å². The van der Waals surface area contributed by atoms with Crippen molar-refractivity contribution in [2.45, 2.75) is 18.4 Å². The van der Waals surface area contributed by atoms with Crippen LogP contribution in [0, 0.1) is 5.82 Å². The molecule has 0 aliphatic heterocycles. The molecule has 1 aliphatic rings. The topological polar surface area (TPSA) is 71.8 Å². The number of fused-ring (bicyclic) bond motifs is 1. The molecule has 1 saturated carbocycles. The molecule has 1 aliphatic carbocycles. The lowest BCUT2D eigenvalue weighted by molar-refractivity contribution is 0.634. The SMILES string of the molecule is NC1(c2[nH]c(=O)nc3c(F)cccc23)CC1. The maximum Gasteiger partial charge on any atom is 0.345 e. The van der Waals surface area contributed by atoms with Crippen LogP contribution >= 0.6 is 0 Å². The molecule has 5 heteroatoms. The van der Waals surface area contributed by atoms with Crippen molar-refractivity contribution in [2.75, 3.05) is 0 Å². The van der Waals surface area contributed by atoms with E-state index in [2.05, 4.69) is 9.97 Å². The summed E-state index contributed by atoms with van der Waals surface area (Å²) in [5, 5.41) is 0.597. The van der Waals surface area contributed by atoms with Crippen LogP contribution in [0.2, 0.25) is 0 Å². The smallest absolute Gasteiger partial charge is 0.320 e. The summed E-state index contributed by atoms with van der Waals surface area (Å²) in [4.78, 5) is 17.6. The number of nitrogens with zero attached hydrogens (tertiary/aromatic N) is 1. The van der Waals surface area contributed by atoms with Crippen molar-refractivity contribution >= 4 is 10.9 Å². The zero-order valence-corrected chi connectivity index (χ0v) is 8.46. The average molecular weight is 219 g/mol. The number of benzene rings is 1. The Kier molecular flexibility index (Phi) is 1.71. The second-order valence-corrected chi connectivity index (χ2v) is 4.21. The van der Waals surface area contributed by atoms with Gasteiger partial charge >= 0.3 is 5.69 Å². The molecule has 0 unspecified atom stereocenters. The highest BCUT2D eigenvalue weighted by Crippen LogP contribution is 2.43. The second-order valence-electron chi connectivity index (χ2n) is 4.21. The van der Waals surface area contributed by atoms with Crippen LogP contribution in [0.15, 0.2) is 23.0 Å². The van der Waals surface area contributed by atoms with Crippen LogP contribution < -0.4 is 11.4 Å². The van der Waals surface area contributed by atoms with Gasteiger partial charge in [0, 0.05) is 11.1 Å². The van der Waals surface area contributed by atoms with E-state index in [1.165, 1.54) is 6.07 Å². The third-order valence-corrected chi connectivity index (χ3v) is 2.99. The maximum atomic E-state index is 13.5. The van der Waals surface area contributed by atoms with E-state index in [9.17, 15) is 9.18 Å². The molecule has 1 aromatic heterocycles. The predicted molar refractivity (Wildman–Crippen MR) is 57.4 cm³/mol. The fourth-order valence-electron chi connectivity index (χ4n) is 1.91. The second kappa shape index (κ2) is 2.89. The molecule has 0 spiro atoms. The minimum Gasteiger partial charge on any atom is -0.320 e. The highest BCUT2D eigenvalue weighted by Gasteiger charge is 2.42.